The van der Waals surface area contributed by atoms with E-state index in [0.29, 0.717) is 0 Å². The maximum Gasteiger partial charge on any atom is 0.0237 e. The highest BCUT2D eigenvalue weighted by atomic mass is 15.1. The smallest absolute Gasteiger partial charge is 0.0237 e. The lowest BCUT2D eigenvalue weighted by molar-refractivity contribution is 0.186. The first-order valence-electron chi connectivity index (χ1n) is 8.01. The summed E-state index contributed by atoms with van der Waals surface area (Å²) in [5, 5.41) is 0. The zero-order valence-corrected chi connectivity index (χ0v) is 14.0. The molecule has 1 atom stereocenters. The van der Waals surface area contributed by atoms with Gasteiger partial charge in [0.05, 0.1) is 0 Å². The van der Waals surface area contributed by atoms with E-state index in [9.17, 15) is 0 Å². The van der Waals surface area contributed by atoms with Gasteiger partial charge in [0.15, 0.2) is 0 Å². The van der Waals surface area contributed by atoms with Gasteiger partial charge in [0.2, 0.25) is 0 Å². The Hall–Kier alpha value is -1.64. The van der Waals surface area contributed by atoms with Gasteiger partial charge in [0.25, 0.3) is 0 Å². The van der Waals surface area contributed by atoms with Gasteiger partial charge in [-0.05, 0) is 16.5 Å². The highest BCUT2D eigenvalue weighted by molar-refractivity contribution is 5.17. The first-order chi connectivity index (χ1) is 10.4. The van der Waals surface area contributed by atoms with Crippen LogP contribution in [0.2, 0.25) is 0 Å². The molecule has 2 nitrogen and oxygen atoms in total. The predicted octanol–water partition coefficient (Wildman–Crippen LogP) is 4.06. The minimum atomic E-state index is 0.117. The van der Waals surface area contributed by atoms with E-state index < -0.39 is 0 Å². The second-order valence-electron chi connectivity index (χ2n) is 7.11. The Balaban J connectivity index is 2.09. The van der Waals surface area contributed by atoms with E-state index in [0.717, 1.165) is 19.6 Å². The molecule has 0 aromatic heterocycles. The predicted molar refractivity (Wildman–Crippen MR) is 94.4 cm³/mol. The second-order valence-corrected chi connectivity index (χ2v) is 7.11. The standard InChI is InChI=1S/C20H28N2/c1-20(2,3)19(21)16-22(14-17-10-6-4-7-11-17)15-18-12-8-5-9-13-18/h4-13,19H,14-16,21H2,1-3H3. The van der Waals surface area contributed by atoms with Crippen molar-refractivity contribution in [1.29, 1.82) is 0 Å². The van der Waals surface area contributed by atoms with Gasteiger partial charge >= 0.3 is 0 Å². The number of hydrogen-bond donors (Lipinski definition) is 1. The van der Waals surface area contributed by atoms with E-state index in [2.05, 4.69) is 86.3 Å². The summed E-state index contributed by atoms with van der Waals surface area (Å²) in [7, 11) is 0. The molecule has 2 aromatic carbocycles. The zero-order valence-electron chi connectivity index (χ0n) is 14.0. The van der Waals surface area contributed by atoms with Crippen molar-refractivity contribution < 1.29 is 0 Å². The van der Waals surface area contributed by atoms with Crippen LogP contribution in [0.25, 0.3) is 0 Å². The minimum Gasteiger partial charge on any atom is -0.326 e. The lowest BCUT2D eigenvalue weighted by atomic mass is 9.87. The first-order valence-corrected chi connectivity index (χ1v) is 8.01. The highest BCUT2D eigenvalue weighted by Gasteiger charge is 2.23. The number of hydrogen-bond acceptors (Lipinski definition) is 2. The molecule has 0 spiro atoms. The average molecular weight is 296 g/mol. The maximum atomic E-state index is 6.42. The van der Waals surface area contributed by atoms with Crippen molar-refractivity contribution in [3.63, 3.8) is 0 Å². The van der Waals surface area contributed by atoms with Gasteiger partial charge < -0.3 is 5.73 Å². The zero-order chi connectivity index (χ0) is 16.0. The average Bonchev–Trinajstić information content (AvgIpc) is 2.48. The van der Waals surface area contributed by atoms with Crippen LogP contribution in [0.4, 0.5) is 0 Å². The van der Waals surface area contributed by atoms with Gasteiger partial charge in [-0.3, -0.25) is 4.90 Å². The van der Waals surface area contributed by atoms with Crippen LogP contribution >= 0.6 is 0 Å². The van der Waals surface area contributed by atoms with E-state index in [1.54, 1.807) is 0 Å². The monoisotopic (exact) mass is 296 g/mol. The van der Waals surface area contributed by atoms with Crippen LogP contribution in [0.5, 0.6) is 0 Å². The van der Waals surface area contributed by atoms with E-state index in [1.165, 1.54) is 11.1 Å². The van der Waals surface area contributed by atoms with Crippen LogP contribution in [0.15, 0.2) is 60.7 Å². The quantitative estimate of drug-likeness (QED) is 0.871. The summed E-state index contributed by atoms with van der Waals surface area (Å²) in [5.74, 6) is 0. The molecule has 22 heavy (non-hydrogen) atoms. The van der Waals surface area contributed by atoms with Gasteiger partial charge in [0.1, 0.15) is 0 Å². The summed E-state index contributed by atoms with van der Waals surface area (Å²) >= 11 is 0. The summed E-state index contributed by atoms with van der Waals surface area (Å²) in [4.78, 5) is 2.45. The molecule has 0 saturated carbocycles. The summed E-state index contributed by atoms with van der Waals surface area (Å²) in [5.41, 5.74) is 9.20. The van der Waals surface area contributed by atoms with Crippen LogP contribution in [0, 0.1) is 5.41 Å². The molecular weight excluding hydrogens is 268 g/mol. The van der Waals surface area contributed by atoms with Gasteiger partial charge in [-0.25, -0.2) is 0 Å². The second kappa shape index (κ2) is 7.57. The molecule has 0 radical (unpaired) electrons. The summed E-state index contributed by atoms with van der Waals surface area (Å²) in [6.07, 6.45) is 0. The van der Waals surface area contributed by atoms with Crippen LogP contribution in [-0.2, 0) is 13.1 Å². The van der Waals surface area contributed by atoms with E-state index in [4.69, 9.17) is 5.73 Å². The molecule has 118 valence electrons. The molecule has 2 N–H and O–H groups in total. The SMILES string of the molecule is CC(C)(C)C(N)CN(Cc1ccccc1)Cc1ccccc1. The molecule has 0 amide bonds. The van der Waals surface area contributed by atoms with Crippen LogP contribution in [-0.4, -0.2) is 17.5 Å². The van der Waals surface area contributed by atoms with Gasteiger partial charge in [0, 0.05) is 25.7 Å². The third-order valence-electron chi connectivity index (χ3n) is 4.07. The molecule has 2 rings (SSSR count). The Kier molecular flexibility index (Phi) is 5.76. The molecule has 0 saturated heterocycles. The molecular formula is C20H28N2. The fourth-order valence-electron chi connectivity index (χ4n) is 2.42. The molecule has 2 aromatic rings. The number of nitrogens with two attached hydrogens (primary N) is 1. The van der Waals surface area contributed by atoms with Crippen molar-refractivity contribution in [2.24, 2.45) is 11.1 Å². The third-order valence-corrected chi connectivity index (χ3v) is 4.07. The number of nitrogens with zero attached hydrogens (tertiary/aromatic N) is 1. The topological polar surface area (TPSA) is 29.3 Å². The van der Waals surface area contributed by atoms with E-state index in [1.807, 2.05) is 0 Å². The molecule has 0 aliphatic rings. The van der Waals surface area contributed by atoms with Crippen molar-refractivity contribution in [1.82, 2.24) is 4.90 Å². The van der Waals surface area contributed by atoms with Gasteiger partial charge in [-0.1, -0.05) is 81.4 Å². The number of benzene rings is 2. The molecule has 0 fully saturated rings. The van der Waals surface area contributed by atoms with Crippen LogP contribution in [0.1, 0.15) is 31.9 Å². The normalized spacial score (nSPS) is 13.3. The lowest BCUT2D eigenvalue weighted by Gasteiger charge is -2.33. The summed E-state index contributed by atoms with van der Waals surface area (Å²) < 4.78 is 0. The molecule has 1 unspecified atom stereocenters. The first kappa shape index (κ1) is 16.7. The van der Waals surface area contributed by atoms with Crippen molar-refractivity contribution in [3.05, 3.63) is 71.8 Å². The van der Waals surface area contributed by atoms with Crippen LogP contribution < -0.4 is 5.73 Å². The van der Waals surface area contributed by atoms with Gasteiger partial charge in [-0.15, -0.1) is 0 Å². The summed E-state index contributed by atoms with van der Waals surface area (Å²) in [6, 6.07) is 21.4. The Morgan fingerprint density at radius 2 is 1.23 bits per heavy atom. The van der Waals surface area contributed by atoms with Crippen molar-refractivity contribution in [3.8, 4) is 0 Å². The molecule has 2 heteroatoms. The van der Waals surface area contributed by atoms with Crippen molar-refractivity contribution in [2.75, 3.05) is 6.54 Å². The highest BCUT2D eigenvalue weighted by Crippen LogP contribution is 2.20. The Bertz CT molecular complexity index is 501. The Labute approximate surface area is 135 Å². The van der Waals surface area contributed by atoms with Crippen LogP contribution in [0.3, 0.4) is 0 Å². The molecule has 0 bridgehead atoms. The van der Waals surface area contributed by atoms with Crippen molar-refractivity contribution in [2.45, 2.75) is 39.9 Å². The fraction of sp³-hybridized carbons (Fsp3) is 0.400. The molecule has 0 aliphatic heterocycles. The molecule has 0 aliphatic carbocycles. The lowest BCUT2D eigenvalue weighted by Crippen LogP contribution is -2.44. The Morgan fingerprint density at radius 1 is 0.818 bits per heavy atom. The largest absolute Gasteiger partial charge is 0.326 e. The maximum absolute atomic E-state index is 6.42. The fourth-order valence-corrected chi connectivity index (χ4v) is 2.42. The minimum absolute atomic E-state index is 0.117. The van der Waals surface area contributed by atoms with E-state index >= 15 is 0 Å². The third kappa shape index (κ3) is 5.28. The Morgan fingerprint density at radius 3 is 1.59 bits per heavy atom. The van der Waals surface area contributed by atoms with Gasteiger partial charge in [-0.2, -0.15) is 0 Å². The number of rotatable bonds is 6. The van der Waals surface area contributed by atoms with E-state index in [-0.39, 0.29) is 11.5 Å². The van der Waals surface area contributed by atoms with Crippen molar-refractivity contribution >= 4 is 0 Å². The molecule has 0 heterocycles. The summed E-state index contributed by atoms with van der Waals surface area (Å²) in [6.45, 7) is 9.38.